The molecule has 2 N–H and O–H groups in total. The van der Waals surface area contributed by atoms with Crippen LogP contribution in [0.2, 0.25) is 0 Å². The molecule has 0 aromatic carbocycles. The molecule has 0 unspecified atom stereocenters. The summed E-state index contributed by atoms with van der Waals surface area (Å²) in [6.07, 6.45) is -2.95. The summed E-state index contributed by atoms with van der Waals surface area (Å²) in [5.74, 6) is -0.362. The van der Waals surface area contributed by atoms with Gasteiger partial charge in [-0.05, 0) is 6.92 Å². The second-order valence-corrected chi connectivity index (χ2v) is 4.75. The Balaban J connectivity index is 0.00000180. The molecule has 0 aliphatic carbocycles. The molecule has 0 bridgehead atoms. The number of nitrogens with zero attached hydrogens (tertiary/aromatic N) is 2. The Morgan fingerprint density at radius 1 is 1.58 bits per heavy atom. The number of carbonyl (C=O) groups is 1. The number of halogens is 3. The van der Waals surface area contributed by atoms with E-state index in [4.69, 9.17) is 4.74 Å². The second kappa shape index (κ2) is 7.04. The Labute approximate surface area is 118 Å². The van der Waals surface area contributed by atoms with E-state index >= 15 is 0 Å². The van der Waals surface area contributed by atoms with Crippen LogP contribution in [0.1, 0.15) is 18.4 Å². The van der Waals surface area contributed by atoms with Gasteiger partial charge in [-0.25, -0.2) is 8.78 Å². The van der Waals surface area contributed by atoms with Gasteiger partial charge in [-0.3, -0.25) is 10.1 Å². The predicted octanol–water partition coefficient (Wildman–Crippen LogP) is 1.21. The largest absolute Gasteiger partial charge is 0.375 e. The molecule has 2 heterocycles. The molecule has 19 heavy (non-hydrogen) atoms. The van der Waals surface area contributed by atoms with Crippen molar-refractivity contribution in [3.8, 4) is 0 Å². The maximum Gasteiger partial charge on any atom is 0.291 e. The Hall–Kier alpha value is -0.900. The van der Waals surface area contributed by atoms with E-state index in [9.17, 15) is 13.6 Å². The number of ether oxygens (including phenoxy) is 1. The van der Waals surface area contributed by atoms with Gasteiger partial charge in [0.25, 0.3) is 6.43 Å². The van der Waals surface area contributed by atoms with Gasteiger partial charge in [0.1, 0.15) is 6.04 Å². The molecule has 108 valence electrons. The normalized spacial score (nSPS) is 22.9. The lowest BCUT2D eigenvalue weighted by molar-refractivity contribution is -0.123. The first-order valence-electron chi connectivity index (χ1n) is 5.35. The fourth-order valence-electron chi connectivity index (χ4n) is 1.58. The Bertz CT molecular complexity index is 434. The molecule has 0 saturated carbocycles. The molecular formula is C9H13ClF2N4O2S. The number of rotatable bonds is 3. The maximum absolute atomic E-state index is 12.3. The highest BCUT2D eigenvalue weighted by Crippen LogP contribution is 2.25. The summed E-state index contributed by atoms with van der Waals surface area (Å²) in [6, 6.07) is -0.516. The van der Waals surface area contributed by atoms with E-state index in [1.165, 1.54) is 0 Å². The van der Waals surface area contributed by atoms with Crippen molar-refractivity contribution in [2.75, 3.05) is 18.5 Å². The van der Waals surface area contributed by atoms with Crippen LogP contribution in [0.15, 0.2) is 0 Å². The molecule has 1 amide bonds. The second-order valence-electron chi connectivity index (χ2n) is 3.74. The predicted molar refractivity (Wildman–Crippen MR) is 67.9 cm³/mol. The van der Waals surface area contributed by atoms with Crippen molar-refractivity contribution >= 4 is 34.8 Å². The van der Waals surface area contributed by atoms with Crippen LogP contribution in [0.4, 0.5) is 13.9 Å². The van der Waals surface area contributed by atoms with E-state index in [0.29, 0.717) is 24.5 Å². The van der Waals surface area contributed by atoms with E-state index in [1.807, 2.05) is 0 Å². The first-order chi connectivity index (χ1) is 8.58. The van der Waals surface area contributed by atoms with Crippen molar-refractivity contribution in [3.05, 3.63) is 5.01 Å². The van der Waals surface area contributed by atoms with Gasteiger partial charge < -0.3 is 10.1 Å². The minimum Gasteiger partial charge on any atom is -0.375 e. The minimum atomic E-state index is -2.68. The monoisotopic (exact) mass is 314 g/mol. The average molecular weight is 315 g/mol. The summed E-state index contributed by atoms with van der Waals surface area (Å²) >= 11 is 0.662. The first-order valence-corrected chi connectivity index (χ1v) is 6.17. The smallest absolute Gasteiger partial charge is 0.291 e. The molecule has 10 heteroatoms. The first kappa shape index (κ1) is 16.2. The summed E-state index contributed by atoms with van der Waals surface area (Å²) in [7, 11) is 0. The van der Waals surface area contributed by atoms with Crippen molar-refractivity contribution in [1.29, 1.82) is 0 Å². The number of morpholine rings is 1. The molecule has 2 rings (SSSR count). The number of carbonyl (C=O) groups excluding carboxylic acids is 1. The fourth-order valence-corrected chi connectivity index (χ4v) is 2.19. The third-order valence-electron chi connectivity index (χ3n) is 2.46. The van der Waals surface area contributed by atoms with Crippen molar-refractivity contribution in [1.82, 2.24) is 15.5 Å². The van der Waals surface area contributed by atoms with Crippen LogP contribution in [0.25, 0.3) is 0 Å². The maximum atomic E-state index is 12.3. The average Bonchev–Trinajstić information content (AvgIpc) is 2.78. The van der Waals surface area contributed by atoms with Gasteiger partial charge in [-0.15, -0.1) is 22.6 Å². The van der Waals surface area contributed by atoms with Crippen LogP contribution >= 0.6 is 23.7 Å². The lowest BCUT2D eigenvalue weighted by Crippen LogP contribution is -2.53. The molecule has 1 fully saturated rings. The molecule has 1 aliphatic heterocycles. The lowest BCUT2D eigenvalue weighted by atomic mass is 10.1. The van der Waals surface area contributed by atoms with Crippen LogP contribution in [0, 0.1) is 0 Å². The third-order valence-corrected chi connectivity index (χ3v) is 3.30. The van der Waals surface area contributed by atoms with Crippen molar-refractivity contribution in [2.24, 2.45) is 0 Å². The van der Waals surface area contributed by atoms with Gasteiger partial charge in [0.2, 0.25) is 11.0 Å². The highest BCUT2D eigenvalue weighted by atomic mass is 35.5. The molecular weight excluding hydrogens is 302 g/mol. The van der Waals surface area contributed by atoms with E-state index in [1.54, 1.807) is 6.92 Å². The molecule has 1 aliphatic rings. The van der Waals surface area contributed by atoms with Gasteiger partial charge in [0.15, 0.2) is 5.01 Å². The molecule has 6 nitrogen and oxygen atoms in total. The van der Waals surface area contributed by atoms with Gasteiger partial charge in [-0.1, -0.05) is 11.3 Å². The molecule has 0 radical (unpaired) electrons. The minimum absolute atomic E-state index is 0. The van der Waals surface area contributed by atoms with E-state index < -0.39 is 17.5 Å². The quantitative estimate of drug-likeness (QED) is 0.877. The molecule has 1 aromatic rings. The zero-order valence-electron chi connectivity index (χ0n) is 9.93. The standard InChI is InChI=1S/C9H12F2N4O2S.ClH/c1-4-5(12-2-3-17-4)7(16)13-9-15-14-8(18-9)6(10)11;/h4-6,12H,2-3H2,1H3,(H,13,15,16);1H/t4-,5+;/m1./s1. The summed E-state index contributed by atoms with van der Waals surface area (Å²) < 4.78 is 29.9. The molecule has 1 saturated heterocycles. The lowest BCUT2D eigenvalue weighted by Gasteiger charge is -2.28. The zero-order valence-corrected chi connectivity index (χ0v) is 11.6. The molecule has 1 aromatic heterocycles. The SMILES string of the molecule is C[C@H]1OCCN[C@@H]1C(=O)Nc1nnc(C(F)F)s1.Cl. The number of nitrogens with one attached hydrogen (secondary N) is 2. The highest BCUT2D eigenvalue weighted by molar-refractivity contribution is 7.15. The Morgan fingerprint density at radius 2 is 2.32 bits per heavy atom. The van der Waals surface area contributed by atoms with Crippen LogP contribution < -0.4 is 10.6 Å². The van der Waals surface area contributed by atoms with Crippen LogP contribution in [-0.2, 0) is 9.53 Å². The van der Waals surface area contributed by atoms with E-state index in [0.717, 1.165) is 0 Å². The summed E-state index contributed by atoms with van der Waals surface area (Å²) in [4.78, 5) is 11.9. The Kier molecular flexibility index (Phi) is 5.98. The summed E-state index contributed by atoms with van der Waals surface area (Å²) in [6.45, 7) is 2.88. The molecule has 0 spiro atoms. The highest BCUT2D eigenvalue weighted by Gasteiger charge is 2.29. The number of hydrogen-bond acceptors (Lipinski definition) is 6. The van der Waals surface area contributed by atoms with E-state index in [2.05, 4.69) is 20.8 Å². The summed E-state index contributed by atoms with van der Waals surface area (Å²) in [5.41, 5.74) is 0. The number of anilines is 1. The Morgan fingerprint density at radius 3 is 2.89 bits per heavy atom. The number of aromatic nitrogens is 2. The van der Waals surface area contributed by atoms with E-state index in [-0.39, 0.29) is 29.5 Å². The van der Waals surface area contributed by atoms with Crippen molar-refractivity contribution in [3.63, 3.8) is 0 Å². The number of alkyl halides is 2. The topological polar surface area (TPSA) is 76.1 Å². The number of hydrogen-bond donors (Lipinski definition) is 2. The van der Waals surface area contributed by atoms with Crippen LogP contribution in [-0.4, -0.2) is 41.4 Å². The fraction of sp³-hybridized carbons (Fsp3) is 0.667. The van der Waals surface area contributed by atoms with Crippen molar-refractivity contribution < 1.29 is 18.3 Å². The van der Waals surface area contributed by atoms with Gasteiger partial charge in [0, 0.05) is 6.54 Å². The third kappa shape index (κ3) is 4.03. The van der Waals surface area contributed by atoms with Gasteiger partial charge in [-0.2, -0.15) is 0 Å². The molecule has 2 atom stereocenters. The van der Waals surface area contributed by atoms with Crippen molar-refractivity contribution in [2.45, 2.75) is 25.5 Å². The summed E-state index contributed by atoms with van der Waals surface area (Å²) in [5, 5.41) is 11.9. The van der Waals surface area contributed by atoms with Crippen LogP contribution in [0.5, 0.6) is 0 Å². The van der Waals surface area contributed by atoms with Crippen LogP contribution in [0.3, 0.4) is 0 Å². The van der Waals surface area contributed by atoms with Gasteiger partial charge >= 0.3 is 0 Å². The van der Waals surface area contributed by atoms with Gasteiger partial charge in [0.05, 0.1) is 12.7 Å². The zero-order chi connectivity index (χ0) is 13.1. The number of amides is 1.